The van der Waals surface area contributed by atoms with Gasteiger partial charge in [0, 0.05) is 30.0 Å². The van der Waals surface area contributed by atoms with Gasteiger partial charge in [-0.1, -0.05) is 6.07 Å². The molecule has 0 saturated carbocycles. The first kappa shape index (κ1) is 20.2. The molecule has 3 rings (SSSR count). The summed E-state index contributed by atoms with van der Waals surface area (Å²) in [5.41, 5.74) is 0.856. The molecule has 9 heteroatoms. The van der Waals surface area contributed by atoms with Crippen LogP contribution in [0.4, 0.5) is 5.69 Å². The zero-order valence-corrected chi connectivity index (χ0v) is 16.6. The van der Waals surface area contributed by atoms with Gasteiger partial charge >= 0.3 is 5.97 Å². The Morgan fingerprint density at radius 1 is 1.36 bits per heavy atom. The predicted molar refractivity (Wildman–Crippen MR) is 105 cm³/mol. The number of thioether (sulfide) groups is 1. The summed E-state index contributed by atoms with van der Waals surface area (Å²) < 4.78 is 5.14. The van der Waals surface area contributed by atoms with Crippen LogP contribution in [0.3, 0.4) is 0 Å². The third-order valence-corrected chi connectivity index (χ3v) is 6.31. The molecule has 0 aromatic heterocycles. The molecular formula is C19H23N3O5S. The Balaban J connectivity index is 1.53. The van der Waals surface area contributed by atoms with E-state index in [1.165, 1.54) is 0 Å². The lowest BCUT2D eigenvalue weighted by molar-refractivity contribution is -0.155. The molecule has 1 aromatic carbocycles. The highest BCUT2D eigenvalue weighted by Crippen LogP contribution is 2.47. The van der Waals surface area contributed by atoms with Crippen molar-refractivity contribution in [3.05, 3.63) is 29.8 Å². The molecule has 2 aliphatic rings. The molecule has 0 radical (unpaired) electrons. The molecule has 0 aliphatic carbocycles. The number of esters is 1. The third-order valence-electron chi connectivity index (χ3n) is 4.81. The molecule has 3 amide bonds. The maximum absolute atomic E-state index is 12.4. The van der Waals surface area contributed by atoms with Crippen LogP contribution in [0.2, 0.25) is 0 Å². The van der Waals surface area contributed by atoms with E-state index in [-0.39, 0.29) is 16.7 Å². The van der Waals surface area contributed by atoms with Crippen LogP contribution in [0.1, 0.15) is 37.0 Å². The van der Waals surface area contributed by atoms with Crippen molar-refractivity contribution < 1.29 is 23.9 Å². The van der Waals surface area contributed by atoms with Gasteiger partial charge in [-0.3, -0.25) is 14.4 Å². The van der Waals surface area contributed by atoms with E-state index >= 15 is 0 Å². The highest BCUT2D eigenvalue weighted by molar-refractivity contribution is 8.01. The average Bonchev–Trinajstić information content (AvgIpc) is 3.16. The summed E-state index contributed by atoms with van der Waals surface area (Å²) in [5.74, 6) is -0.902. The largest absolute Gasteiger partial charge is 0.454 e. The molecule has 2 saturated heterocycles. The fraction of sp³-hybridized carbons (Fsp3) is 0.474. The topological polar surface area (TPSA) is 105 Å². The van der Waals surface area contributed by atoms with Crippen molar-refractivity contribution in [2.24, 2.45) is 0 Å². The Morgan fingerprint density at radius 3 is 2.89 bits per heavy atom. The van der Waals surface area contributed by atoms with E-state index < -0.39 is 24.5 Å². The van der Waals surface area contributed by atoms with Gasteiger partial charge < -0.3 is 20.3 Å². The van der Waals surface area contributed by atoms with Crippen molar-refractivity contribution in [2.75, 3.05) is 24.2 Å². The maximum atomic E-state index is 12.4. The summed E-state index contributed by atoms with van der Waals surface area (Å²) in [6, 6.07) is 5.83. The zero-order chi connectivity index (χ0) is 20.3. The standard InChI is InChI=1S/C19H23N3O5S/c1-3-20-17(25)12-5-4-6-13(9-12)21-15(23)10-27-18(26)14-11-28-19(2)8-7-16(24)22(14)19/h4-6,9,14H,3,7-8,10-11H2,1-2H3,(H,20,25)(H,21,23)/t14-,19+/m0/s1. The third kappa shape index (κ3) is 4.14. The van der Waals surface area contributed by atoms with Crippen LogP contribution < -0.4 is 10.6 Å². The predicted octanol–water partition coefficient (Wildman–Crippen LogP) is 1.37. The van der Waals surface area contributed by atoms with Crippen LogP contribution in [0.25, 0.3) is 0 Å². The minimum absolute atomic E-state index is 0.0546. The Hall–Kier alpha value is -2.55. The number of carbonyl (C=O) groups is 4. The molecular weight excluding hydrogens is 382 g/mol. The monoisotopic (exact) mass is 405 g/mol. The average molecular weight is 405 g/mol. The van der Waals surface area contributed by atoms with E-state index in [4.69, 9.17) is 4.74 Å². The molecule has 2 aliphatic heterocycles. The first-order valence-corrected chi connectivity index (χ1v) is 10.1. The minimum Gasteiger partial charge on any atom is -0.454 e. The summed E-state index contributed by atoms with van der Waals surface area (Å²) in [6.07, 6.45) is 1.14. The summed E-state index contributed by atoms with van der Waals surface area (Å²) >= 11 is 1.57. The van der Waals surface area contributed by atoms with E-state index in [9.17, 15) is 19.2 Å². The van der Waals surface area contributed by atoms with Gasteiger partial charge in [-0.2, -0.15) is 0 Å². The lowest BCUT2D eigenvalue weighted by Gasteiger charge is -2.29. The minimum atomic E-state index is -0.654. The highest BCUT2D eigenvalue weighted by atomic mass is 32.2. The second-order valence-electron chi connectivity index (χ2n) is 6.86. The Kier molecular flexibility index (Phi) is 5.93. The van der Waals surface area contributed by atoms with Crippen LogP contribution in [0.5, 0.6) is 0 Å². The fourth-order valence-electron chi connectivity index (χ4n) is 3.43. The smallest absolute Gasteiger partial charge is 0.330 e. The van der Waals surface area contributed by atoms with Gasteiger partial charge in [0.15, 0.2) is 6.61 Å². The molecule has 2 N–H and O–H groups in total. The number of amides is 3. The summed E-state index contributed by atoms with van der Waals surface area (Å²) in [6.45, 7) is 3.82. The van der Waals surface area contributed by atoms with Gasteiger partial charge in [-0.15, -0.1) is 11.8 Å². The highest BCUT2D eigenvalue weighted by Gasteiger charge is 2.53. The van der Waals surface area contributed by atoms with Crippen LogP contribution in [-0.4, -0.2) is 58.4 Å². The van der Waals surface area contributed by atoms with E-state index in [1.807, 2.05) is 13.8 Å². The van der Waals surface area contributed by atoms with Gasteiger partial charge in [-0.25, -0.2) is 4.79 Å². The number of rotatable bonds is 6. The van der Waals surface area contributed by atoms with Crippen molar-refractivity contribution in [2.45, 2.75) is 37.6 Å². The van der Waals surface area contributed by atoms with Crippen molar-refractivity contribution in [1.29, 1.82) is 0 Å². The molecule has 150 valence electrons. The van der Waals surface area contributed by atoms with Gasteiger partial charge in [0.2, 0.25) is 5.91 Å². The van der Waals surface area contributed by atoms with E-state index in [0.717, 1.165) is 0 Å². The SMILES string of the molecule is CCNC(=O)c1cccc(NC(=O)COC(=O)[C@@H]2CS[C@]3(C)CCC(=O)N23)c1. The van der Waals surface area contributed by atoms with E-state index in [1.54, 1.807) is 40.9 Å². The number of fused-ring (bicyclic) bond motifs is 1. The number of benzene rings is 1. The first-order chi connectivity index (χ1) is 13.3. The van der Waals surface area contributed by atoms with E-state index in [2.05, 4.69) is 10.6 Å². The van der Waals surface area contributed by atoms with Gasteiger partial charge in [0.05, 0.1) is 4.87 Å². The molecule has 0 bridgehead atoms. The number of nitrogens with zero attached hydrogens (tertiary/aromatic N) is 1. The second kappa shape index (κ2) is 8.22. The van der Waals surface area contributed by atoms with Gasteiger partial charge in [-0.05, 0) is 38.5 Å². The molecule has 2 atom stereocenters. The number of carbonyl (C=O) groups excluding carboxylic acids is 4. The number of nitrogens with one attached hydrogen (secondary N) is 2. The normalized spacial score (nSPS) is 23.3. The van der Waals surface area contributed by atoms with Crippen molar-refractivity contribution in [3.63, 3.8) is 0 Å². The number of hydrogen-bond acceptors (Lipinski definition) is 6. The number of hydrogen-bond donors (Lipinski definition) is 2. The van der Waals surface area contributed by atoms with Crippen LogP contribution in [-0.2, 0) is 19.1 Å². The summed E-state index contributed by atoms with van der Waals surface area (Å²) in [4.78, 5) is 49.7. The zero-order valence-electron chi connectivity index (χ0n) is 15.8. The fourth-order valence-corrected chi connectivity index (χ4v) is 4.84. The Morgan fingerprint density at radius 2 is 2.14 bits per heavy atom. The van der Waals surface area contributed by atoms with Crippen molar-refractivity contribution in [3.8, 4) is 0 Å². The second-order valence-corrected chi connectivity index (χ2v) is 8.36. The quantitative estimate of drug-likeness (QED) is 0.693. The molecule has 0 spiro atoms. The molecule has 2 fully saturated rings. The lowest BCUT2D eigenvalue weighted by Crippen LogP contribution is -2.47. The van der Waals surface area contributed by atoms with Crippen LogP contribution in [0.15, 0.2) is 24.3 Å². The van der Waals surface area contributed by atoms with Crippen LogP contribution in [0, 0.1) is 0 Å². The molecule has 1 aromatic rings. The molecule has 0 unspecified atom stereocenters. The Labute approximate surface area is 167 Å². The van der Waals surface area contributed by atoms with Gasteiger partial charge in [0.1, 0.15) is 6.04 Å². The van der Waals surface area contributed by atoms with E-state index in [0.29, 0.717) is 36.4 Å². The number of anilines is 1. The van der Waals surface area contributed by atoms with Gasteiger partial charge in [0.25, 0.3) is 11.8 Å². The summed E-state index contributed by atoms with van der Waals surface area (Å²) in [5, 5.41) is 5.29. The maximum Gasteiger partial charge on any atom is 0.330 e. The lowest BCUT2D eigenvalue weighted by atomic mass is 10.2. The van der Waals surface area contributed by atoms with Crippen molar-refractivity contribution >= 4 is 41.1 Å². The molecule has 2 heterocycles. The number of ether oxygens (including phenoxy) is 1. The van der Waals surface area contributed by atoms with Crippen LogP contribution >= 0.6 is 11.8 Å². The molecule has 28 heavy (non-hydrogen) atoms. The van der Waals surface area contributed by atoms with Crippen molar-refractivity contribution in [1.82, 2.24) is 10.2 Å². The first-order valence-electron chi connectivity index (χ1n) is 9.15. The molecule has 8 nitrogen and oxygen atoms in total. The summed E-state index contributed by atoms with van der Waals surface area (Å²) in [7, 11) is 0. The Bertz CT molecular complexity index is 815.